The Hall–Kier alpha value is -2.07. The van der Waals surface area contributed by atoms with Crippen molar-refractivity contribution < 1.29 is 14.6 Å². The molecule has 2 unspecified atom stereocenters. The quantitative estimate of drug-likeness (QED) is 0.816. The SMILES string of the molecule is CC(=O)Nc1ccccc1OC1C=CCCC1.OC1C=CCCC1. The zero-order valence-electron chi connectivity index (χ0n) is 14.3. The van der Waals surface area contributed by atoms with E-state index in [0.29, 0.717) is 0 Å². The number of anilines is 1. The van der Waals surface area contributed by atoms with E-state index >= 15 is 0 Å². The molecule has 2 atom stereocenters. The second-order valence-corrected chi connectivity index (χ2v) is 6.12. The van der Waals surface area contributed by atoms with E-state index in [4.69, 9.17) is 9.84 Å². The Morgan fingerprint density at radius 1 is 1.12 bits per heavy atom. The highest BCUT2D eigenvalue weighted by Gasteiger charge is 2.12. The first-order valence-electron chi connectivity index (χ1n) is 8.70. The van der Waals surface area contributed by atoms with Crippen LogP contribution in [0.15, 0.2) is 48.6 Å². The van der Waals surface area contributed by atoms with Crippen LogP contribution in [0.4, 0.5) is 5.69 Å². The van der Waals surface area contributed by atoms with Crippen molar-refractivity contribution in [2.45, 2.75) is 57.7 Å². The fraction of sp³-hybridized carbons (Fsp3) is 0.450. The van der Waals surface area contributed by atoms with E-state index in [1.54, 1.807) is 0 Å². The first-order valence-corrected chi connectivity index (χ1v) is 8.70. The highest BCUT2D eigenvalue weighted by Crippen LogP contribution is 2.27. The van der Waals surface area contributed by atoms with Gasteiger partial charge in [-0.3, -0.25) is 4.79 Å². The summed E-state index contributed by atoms with van der Waals surface area (Å²) in [5, 5.41) is 11.6. The van der Waals surface area contributed by atoms with E-state index in [-0.39, 0.29) is 18.1 Å². The molecule has 24 heavy (non-hydrogen) atoms. The normalized spacial score (nSPS) is 22.2. The Morgan fingerprint density at radius 2 is 1.83 bits per heavy atom. The minimum Gasteiger partial charge on any atom is -0.484 e. The van der Waals surface area contributed by atoms with E-state index in [9.17, 15) is 4.79 Å². The van der Waals surface area contributed by atoms with Crippen LogP contribution in [0.2, 0.25) is 0 Å². The van der Waals surface area contributed by atoms with Gasteiger partial charge in [-0.25, -0.2) is 0 Å². The van der Waals surface area contributed by atoms with Gasteiger partial charge in [0.25, 0.3) is 0 Å². The minimum absolute atomic E-state index is 0.0831. The van der Waals surface area contributed by atoms with Crippen molar-refractivity contribution >= 4 is 11.6 Å². The second-order valence-electron chi connectivity index (χ2n) is 6.12. The molecule has 0 radical (unpaired) electrons. The molecule has 0 heterocycles. The standard InChI is InChI=1S/C14H17NO2.C6H10O/c1-11(16)15-13-9-5-6-10-14(13)17-12-7-3-2-4-8-12;7-6-4-2-1-3-5-6/h3,5-7,9-10,12H,2,4,8H2,1H3,(H,15,16);2,4,6-7H,1,3,5H2. The zero-order valence-corrected chi connectivity index (χ0v) is 14.3. The maximum atomic E-state index is 11.1. The van der Waals surface area contributed by atoms with Crippen LogP contribution in [0.3, 0.4) is 0 Å². The molecule has 1 aromatic rings. The number of carbonyl (C=O) groups is 1. The van der Waals surface area contributed by atoms with Crippen LogP contribution in [-0.4, -0.2) is 23.2 Å². The third kappa shape index (κ3) is 6.59. The average Bonchev–Trinajstić information content (AvgIpc) is 2.58. The first-order chi connectivity index (χ1) is 11.6. The molecule has 0 spiro atoms. The van der Waals surface area contributed by atoms with Crippen LogP contribution >= 0.6 is 0 Å². The van der Waals surface area contributed by atoms with Gasteiger partial charge in [-0.15, -0.1) is 0 Å². The van der Waals surface area contributed by atoms with E-state index < -0.39 is 0 Å². The zero-order chi connectivity index (χ0) is 17.2. The van der Waals surface area contributed by atoms with E-state index in [0.717, 1.165) is 50.0 Å². The Morgan fingerprint density at radius 3 is 2.38 bits per heavy atom. The summed E-state index contributed by atoms with van der Waals surface area (Å²) in [4.78, 5) is 11.1. The number of carbonyl (C=O) groups excluding carboxylic acids is 1. The summed E-state index contributed by atoms with van der Waals surface area (Å²) in [5.74, 6) is 0.652. The topological polar surface area (TPSA) is 58.6 Å². The molecular formula is C20H27NO3. The molecule has 4 nitrogen and oxygen atoms in total. The molecule has 2 aliphatic rings. The summed E-state index contributed by atoms with van der Waals surface area (Å²) in [6.45, 7) is 1.50. The number of allylic oxidation sites excluding steroid dienone is 2. The number of amides is 1. The van der Waals surface area contributed by atoms with Crippen molar-refractivity contribution in [3.63, 3.8) is 0 Å². The third-order valence-electron chi connectivity index (χ3n) is 3.92. The van der Waals surface area contributed by atoms with Gasteiger partial charge in [-0.1, -0.05) is 30.4 Å². The van der Waals surface area contributed by atoms with Crippen molar-refractivity contribution in [3.05, 3.63) is 48.6 Å². The highest BCUT2D eigenvalue weighted by atomic mass is 16.5. The van der Waals surface area contributed by atoms with Gasteiger partial charge in [-0.2, -0.15) is 0 Å². The van der Waals surface area contributed by atoms with Crippen LogP contribution in [0.1, 0.15) is 45.4 Å². The lowest BCUT2D eigenvalue weighted by molar-refractivity contribution is -0.114. The summed E-state index contributed by atoms with van der Waals surface area (Å²) >= 11 is 0. The maximum absolute atomic E-state index is 11.1. The molecule has 2 aliphatic carbocycles. The summed E-state index contributed by atoms with van der Waals surface area (Å²) in [6.07, 6.45) is 14.7. The number of benzene rings is 1. The molecule has 3 rings (SSSR count). The Balaban J connectivity index is 0.000000249. The van der Waals surface area contributed by atoms with Gasteiger partial charge < -0.3 is 15.2 Å². The van der Waals surface area contributed by atoms with Crippen LogP contribution in [-0.2, 0) is 4.79 Å². The molecule has 4 heteroatoms. The van der Waals surface area contributed by atoms with Gasteiger partial charge in [-0.05, 0) is 56.7 Å². The molecule has 0 bridgehead atoms. The molecule has 0 saturated carbocycles. The fourth-order valence-corrected chi connectivity index (χ4v) is 2.70. The van der Waals surface area contributed by atoms with Crippen LogP contribution in [0, 0.1) is 0 Å². The monoisotopic (exact) mass is 329 g/mol. The number of aliphatic hydroxyl groups is 1. The third-order valence-corrected chi connectivity index (χ3v) is 3.92. The Kier molecular flexibility index (Phi) is 7.56. The number of para-hydroxylation sites is 2. The van der Waals surface area contributed by atoms with Crippen LogP contribution in [0.25, 0.3) is 0 Å². The van der Waals surface area contributed by atoms with Gasteiger partial charge >= 0.3 is 0 Å². The second kappa shape index (κ2) is 9.93. The van der Waals surface area contributed by atoms with Crippen molar-refractivity contribution in [1.82, 2.24) is 0 Å². The number of ether oxygens (including phenoxy) is 1. The lowest BCUT2D eigenvalue weighted by Crippen LogP contribution is -2.17. The number of hydrogen-bond donors (Lipinski definition) is 2. The molecule has 130 valence electrons. The van der Waals surface area contributed by atoms with Crippen LogP contribution in [0.5, 0.6) is 5.75 Å². The summed E-state index contributed by atoms with van der Waals surface area (Å²) in [7, 11) is 0. The molecule has 0 saturated heterocycles. The summed E-state index contributed by atoms with van der Waals surface area (Å²) in [5.41, 5.74) is 0.735. The van der Waals surface area contributed by atoms with Crippen LogP contribution < -0.4 is 10.1 Å². The molecule has 2 N–H and O–H groups in total. The predicted octanol–water partition coefficient (Wildman–Crippen LogP) is 4.22. The first kappa shape index (κ1) is 18.3. The van der Waals surface area contributed by atoms with Crippen molar-refractivity contribution in [2.75, 3.05) is 5.32 Å². The van der Waals surface area contributed by atoms with Crippen molar-refractivity contribution in [1.29, 1.82) is 0 Å². The molecule has 0 aliphatic heterocycles. The van der Waals surface area contributed by atoms with E-state index in [1.807, 2.05) is 36.4 Å². The molecule has 1 aromatic carbocycles. The van der Waals surface area contributed by atoms with E-state index in [1.165, 1.54) is 6.92 Å². The predicted molar refractivity (Wildman–Crippen MR) is 97.2 cm³/mol. The molecular weight excluding hydrogens is 302 g/mol. The number of aliphatic hydroxyl groups excluding tert-OH is 1. The fourth-order valence-electron chi connectivity index (χ4n) is 2.70. The average molecular weight is 329 g/mol. The highest BCUT2D eigenvalue weighted by molar-refractivity contribution is 5.90. The molecule has 0 aromatic heterocycles. The molecule has 1 amide bonds. The lowest BCUT2D eigenvalue weighted by Gasteiger charge is -2.20. The van der Waals surface area contributed by atoms with E-state index in [2.05, 4.69) is 17.5 Å². The number of hydrogen-bond acceptors (Lipinski definition) is 3. The van der Waals surface area contributed by atoms with Gasteiger partial charge in [0.15, 0.2) is 0 Å². The molecule has 0 fully saturated rings. The Bertz CT molecular complexity index is 580. The van der Waals surface area contributed by atoms with Gasteiger partial charge in [0.2, 0.25) is 5.91 Å². The largest absolute Gasteiger partial charge is 0.484 e. The summed E-state index contributed by atoms with van der Waals surface area (Å²) in [6, 6.07) is 7.53. The number of rotatable bonds is 3. The Labute approximate surface area is 144 Å². The minimum atomic E-state index is -0.145. The summed E-state index contributed by atoms with van der Waals surface area (Å²) < 4.78 is 5.89. The van der Waals surface area contributed by atoms with Crippen molar-refractivity contribution in [3.8, 4) is 5.75 Å². The lowest BCUT2D eigenvalue weighted by atomic mass is 10.1. The number of nitrogens with one attached hydrogen (secondary N) is 1. The van der Waals surface area contributed by atoms with Crippen molar-refractivity contribution in [2.24, 2.45) is 0 Å². The van der Waals surface area contributed by atoms with Gasteiger partial charge in [0.05, 0.1) is 11.8 Å². The smallest absolute Gasteiger partial charge is 0.221 e. The van der Waals surface area contributed by atoms with Gasteiger partial charge in [0.1, 0.15) is 11.9 Å². The maximum Gasteiger partial charge on any atom is 0.221 e. The van der Waals surface area contributed by atoms with Gasteiger partial charge in [0, 0.05) is 6.92 Å².